The second-order valence-corrected chi connectivity index (χ2v) is 6.95. The highest BCUT2D eigenvalue weighted by atomic mass is 16.2. The molecular weight excluding hydrogens is 356 g/mol. The van der Waals surface area contributed by atoms with Crippen molar-refractivity contribution in [3.05, 3.63) is 48.3 Å². The van der Waals surface area contributed by atoms with Crippen LogP contribution in [-0.2, 0) is 0 Å². The highest BCUT2D eigenvalue weighted by Gasteiger charge is 2.24. The van der Waals surface area contributed by atoms with E-state index in [4.69, 9.17) is 0 Å². The number of carbonyl (C=O) groups excluding carboxylic acids is 1. The second kappa shape index (κ2) is 7.71. The molecule has 0 saturated carbocycles. The molecule has 0 unspecified atom stereocenters. The lowest BCUT2D eigenvalue weighted by atomic mass is 10.1. The van der Waals surface area contributed by atoms with Gasteiger partial charge in [-0.25, -0.2) is 14.6 Å². The number of anilines is 1. The molecule has 0 aliphatic carbocycles. The van der Waals surface area contributed by atoms with Crippen molar-refractivity contribution in [1.82, 2.24) is 35.1 Å². The van der Waals surface area contributed by atoms with Crippen molar-refractivity contribution in [2.75, 3.05) is 31.1 Å². The summed E-state index contributed by atoms with van der Waals surface area (Å²) < 4.78 is 1.75. The molecule has 0 atom stereocenters. The number of hydrogen-bond donors (Lipinski definition) is 0. The van der Waals surface area contributed by atoms with Gasteiger partial charge >= 0.3 is 0 Å². The first-order valence-corrected chi connectivity index (χ1v) is 9.33. The number of tetrazole rings is 1. The number of rotatable bonds is 4. The maximum absolute atomic E-state index is 13.0. The normalized spacial score (nSPS) is 14.5. The third kappa shape index (κ3) is 3.55. The first-order valence-electron chi connectivity index (χ1n) is 9.33. The van der Waals surface area contributed by atoms with E-state index < -0.39 is 0 Å². The minimum absolute atomic E-state index is 0.0130. The fourth-order valence-corrected chi connectivity index (χ4v) is 3.27. The summed E-state index contributed by atoms with van der Waals surface area (Å²) in [6, 6.07) is 9.42. The monoisotopic (exact) mass is 378 g/mol. The fraction of sp³-hybridized carbons (Fsp3) is 0.368. The van der Waals surface area contributed by atoms with Crippen LogP contribution in [0.15, 0.2) is 42.7 Å². The van der Waals surface area contributed by atoms with Gasteiger partial charge in [0, 0.05) is 49.7 Å². The van der Waals surface area contributed by atoms with Crippen LogP contribution in [0.3, 0.4) is 0 Å². The van der Waals surface area contributed by atoms with Crippen LogP contribution in [0.5, 0.6) is 0 Å². The van der Waals surface area contributed by atoms with Crippen LogP contribution in [-0.4, -0.2) is 67.2 Å². The molecule has 0 N–H and O–H groups in total. The molecule has 3 heterocycles. The lowest BCUT2D eigenvalue weighted by molar-refractivity contribution is 0.0746. The molecule has 1 aliphatic rings. The number of amides is 1. The molecule has 0 bridgehead atoms. The molecular formula is C19H22N8O. The van der Waals surface area contributed by atoms with Crippen molar-refractivity contribution in [3.63, 3.8) is 0 Å². The topological polar surface area (TPSA) is 92.9 Å². The molecule has 1 amide bonds. The Kier molecular flexibility index (Phi) is 4.96. The minimum atomic E-state index is 0.0130. The Morgan fingerprint density at radius 1 is 1.04 bits per heavy atom. The van der Waals surface area contributed by atoms with Crippen LogP contribution in [0.1, 0.15) is 30.2 Å². The van der Waals surface area contributed by atoms with Gasteiger partial charge in [-0.2, -0.15) is 0 Å². The molecule has 1 saturated heterocycles. The van der Waals surface area contributed by atoms with Gasteiger partial charge in [0.2, 0.25) is 5.95 Å². The second-order valence-electron chi connectivity index (χ2n) is 6.95. The van der Waals surface area contributed by atoms with Crippen LogP contribution in [0.4, 0.5) is 5.95 Å². The molecule has 1 fully saturated rings. The number of piperazine rings is 1. The summed E-state index contributed by atoms with van der Waals surface area (Å²) in [4.78, 5) is 25.5. The lowest BCUT2D eigenvalue weighted by Gasteiger charge is -2.34. The summed E-state index contributed by atoms with van der Waals surface area (Å²) >= 11 is 0. The molecule has 0 radical (unpaired) electrons. The summed E-state index contributed by atoms with van der Waals surface area (Å²) in [5, 5.41) is 11.9. The van der Waals surface area contributed by atoms with Gasteiger partial charge in [0.25, 0.3) is 5.91 Å². The molecule has 4 rings (SSSR count). The van der Waals surface area contributed by atoms with Crippen LogP contribution in [0.2, 0.25) is 0 Å². The van der Waals surface area contributed by atoms with Gasteiger partial charge in [0.1, 0.15) is 0 Å². The smallest absolute Gasteiger partial charge is 0.253 e. The van der Waals surface area contributed by atoms with Gasteiger partial charge < -0.3 is 9.80 Å². The average Bonchev–Trinajstić information content (AvgIpc) is 3.24. The van der Waals surface area contributed by atoms with E-state index in [0.29, 0.717) is 43.5 Å². The number of benzene rings is 1. The van der Waals surface area contributed by atoms with Crippen LogP contribution >= 0.6 is 0 Å². The van der Waals surface area contributed by atoms with E-state index in [2.05, 4.69) is 30.4 Å². The van der Waals surface area contributed by atoms with Crippen LogP contribution in [0.25, 0.3) is 11.4 Å². The molecule has 1 aliphatic heterocycles. The summed E-state index contributed by atoms with van der Waals surface area (Å²) in [5.74, 6) is 1.38. The van der Waals surface area contributed by atoms with E-state index in [9.17, 15) is 4.79 Å². The van der Waals surface area contributed by atoms with Crippen molar-refractivity contribution in [2.24, 2.45) is 0 Å². The summed E-state index contributed by atoms with van der Waals surface area (Å²) in [6.07, 6.45) is 3.46. The Morgan fingerprint density at radius 2 is 1.79 bits per heavy atom. The number of aromatic nitrogens is 6. The largest absolute Gasteiger partial charge is 0.337 e. The molecule has 9 nitrogen and oxygen atoms in total. The Balaban J connectivity index is 1.48. The van der Waals surface area contributed by atoms with Crippen molar-refractivity contribution in [2.45, 2.75) is 19.9 Å². The number of hydrogen-bond acceptors (Lipinski definition) is 7. The Labute approximate surface area is 163 Å². The lowest BCUT2D eigenvalue weighted by Crippen LogP contribution is -2.49. The Hall–Kier alpha value is -3.36. The standard InChI is InChI=1S/C19H22N8O/c1-14(2)27-17(22-23-24-27)15-5-3-6-16(13-15)18(28)25-9-11-26(12-10-25)19-20-7-4-8-21-19/h3-8,13-14H,9-12H2,1-2H3. The predicted molar refractivity (Wildman–Crippen MR) is 104 cm³/mol. The van der Waals surface area contributed by atoms with Crippen LogP contribution in [0, 0.1) is 0 Å². The maximum Gasteiger partial charge on any atom is 0.253 e. The van der Waals surface area contributed by atoms with Gasteiger partial charge in [-0.1, -0.05) is 12.1 Å². The van der Waals surface area contributed by atoms with Gasteiger partial charge in [-0.05, 0) is 42.5 Å². The van der Waals surface area contributed by atoms with E-state index in [1.165, 1.54) is 0 Å². The molecule has 144 valence electrons. The molecule has 3 aromatic rings. The summed E-state index contributed by atoms with van der Waals surface area (Å²) in [6.45, 7) is 6.72. The van der Waals surface area contributed by atoms with Crippen molar-refractivity contribution in [3.8, 4) is 11.4 Å². The van der Waals surface area contributed by atoms with E-state index in [1.54, 1.807) is 23.1 Å². The van der Waals surface area contributed by atoms with Crippen molar-refractivity contribution >= 4 is 11.9 Å². The highest BCUT2D eigenvalue weighted by Crippen LogP contribution is 2.21. The van der Waals surface area contributed by atoms with Crippen LogP contribution < -0.4 is 4.90 Å². The number of nitrogens with zero attached hydrogens (tertiary/aromatic N) is 8. The SMILES string of the molecule is CC(C)n1nnnc1-c1cccc(C(=O)N2CCN(c3ncccn3)CC2)c1. The first kappa shape index (κ1) is 18.0. The molecule has 28 heavy (non-hydrogen) atoms. The maximum atomic E-state index is 13.0. The summed E-state index contributed by atoms with van der Waals surface area (Å²) in [5.41, 5.74) is 1.47. The average molecular weight is 378 g/mol. The first-order chi connectivity index (χ1) is 13.6. The molecule has 0 spiro atoms. The molecule has 9 heteroatoms. The van der Waals surface area contributed by atoms with Gasteiger partial charge in [0.15, 0.2) is 5.82 Å². The van der Waals surface area contributed by atoms with Crippen molar-refractivity contribution in [1.29, 1.82) is 0 Å². The molecule has 2 aromatic heterocycles. The van der Waals surface area contributed by atoms with E-state index >= 15 is 0 Å². The van der Waals surface area contributed by atoms with Gasteiger partial charge in [0.05, 0.1) is 6.04 Å². The fourth-order valence-electron chi connectivity index (χ4n) is 3.27. The van der Waals surface area contributed by atoms with Gasteiger partial charge in [-0.15, -0.1) is 5.10 Å². The minimum Gasteiger partial charge on any atom is -0.337 e. The zero-order chi connectivity index (χ0) is 19.5. The predicted octanol–water partition coefficient (Wildman–Crippen LogP) is 1.67. The third-order valence-corrected chi connectivity index (χ3v) is 4.75. The van der Waals surface area contributed by atoms with E-state index in [1.807, 2.05) is 43.0 Å². The van der Waals surface area contributed by atoms with E-state index in [-0.39, 0.29) is 11.9 Å². The highest BCUT2D eigenvalue weighted by molar-refractivity contribution is 5.95. The zero-order valence-corrected chi connectivity index (χ0v) is 15.9. The van der Waals surface area contributed by atoms with Crippen molar-refractivity contribution < 1.29 is 4.79 Å². The third-order valence-electron chi connectivity index (χ3n) is 4.75. The zero-order valence-electron chi connectivity index (χ0n) is 15.9. The molecule has 1 aromatic carbocycles. The summed E-state index contributed by atoms with van der Waals surface area (Å²) in [7, 11) is 0. The Bertz CT molecular complexity index is 947. The van der Waals surface area contributed by atoms with E-state index in [0.717, 1.165) is 5.56 Å². The Morgan fingerprint density at radius 3 is 2.50 bits per heavy atom. The van der Waals surface area contributed by atoms with Gasteiger partial charge in [-0.3, -0.25) is 4.79 Å². The quantitative estimate of drug-likeness (QED) is 0.682. The number of carbonyl (C=O) groups is 1.